The smallest absolute Gasteiger partial charge is 0.315 e. The highest BCUT2D eigenvalue weighted by Gasteiger charge is 2.03. The molecule has 6 heteroatoms. The van der Waals surface area contributed by atoms with Crippen molar-refractivity contribution in [1.82, 2.24) is 10.2 Å². The van der Waals surface area contributed by atoms with Gasteiger partial charge in [0.05, 0.1) is 0 Å². The van der Waals surface area contributed by atoms with E-state index in [-0.39, 0.29) is 0 Å². The minimum absolute atomic E-state index is 0.479. The number of aryl methyl sites for hydroxylation is 1. The first-order valence-corrected chi connectivity index (χ1v) is 6.01. The third-order valence-corrected chi connectivity index (χ3v) is 2.27. The van der Waals surface area contributed by atoms with Crippen LogP contribution in [0.1, 0.15) is 25.2 Å². The summed E-state index contributed by atoms with van der Waals surface area (Å²) < 4.78 is 10.3. The molecule has 0 aliphatic heterocycles. The van der Waals surface area contributed by atoms with Crippen LogP contribution in [0.3, 0.4) is 0 Å². The summed E-state index contributed by atoms with van der Waals surface area (Å²) in [6.45, 7) is 1.66. The number of nitrogens with one attached hydrogen (secondary N) is 1. The van der Waals surface area contributed by atoms with Gasteiger partial charge in [0.1, 0.15) is 0 Å². The molecule has 0 unspecified atom stereocenters. The van der Waals surface area contributed by atoms with Crippen molar-refractivity contribution in [2.24, 2.45) is 0 Å². The Morgan fingerprint density at radius 1 is 1.31 bits per heavy atom. The Morgan fingerprint density at radius 2 is 2.19 bits per heavy atom. The molecule has 0 aliphatic carbocycles. The molecular formula is C10H18ClN3O2. The molecule has 0 fully saturated rings. The van der Waals surface area contributed by atoms with Crippen LogP contribution in [0.2, 0.25) is 0 Å². The largest absolute Gasteiger partial charge is 0.408 e. The van der Waals surface area contributed by atoms with Gasteiger partial charge >= 0.3 is 6.01 Å². The molecule has 5 nitrogen and oxygen atoms in total. The molecule has 1 aromatic heterocycles. The number of unbranched alkanes of at least 4 members (excludes halogenated alkanes) is 2. The van der Waals surface area contributed by atoms with E-state index in [4.69, 9.17) is 20.8 Å². The van der Waals surface area contributed by atoms with Crippen LogP contribution >= 0.6 is 11.6 Å². The summed E-state index contributed by atoms with van der Waals surface area (Å²) in [5, 5.41) is 10.8. The molecule has 0 spiro atoms. The maximum Gasteiger partial charge on any atom is 0.315 e. The van der Waals surface area contributed by atoms with Crippen molar-refractivity contribution in [1.29, 1.82) is 0 Å². The van der Waals surface area contributed by atoms with Crippen LogP contribution in [0.15, 0.2) is 4.42 Å². The van der Waals surface area contributed by atoms with Crippen LogP contribution < -0.4 is 5.32 Å². The molecule has 0 atom stereocenters. The molecule has 0 aliphatic rings. The lowest BCUT2D eigenvalue weighted by Gasteiger charge is -2.00. The van der Waals surface area contributed by atoms with Crippen LogP contribution in [0.5, 0.6) is 0 Å². The van der Waals surface area contributed by atoms with E-state index < -0.39 is 0 Å². The Bertz CT molecular complexity index is 281. The summed E-state index contributed by atoms with van der Waals surface area (Å²) >= 11 is 5.56. The highest BCUT2D eigenvalue weighted by Crippen LogP contribution is 2.07. The van der Waals surface area contributed by atoms with E-state index in [0.29, 0.717) is 24.2 Å². The molecule has 16 heavy (non-hydrogen) atoms. The van der Waals surface area contributed by atoms with E-state index in [1.165, 1.54) is 0 Å². The van der Waals surface area contributed by atoms with Crippen molar-refractivity contribution in [3.63, 3.8) is 0 Å². The maximum absolute atomic E-state index is 5.56. The molecule has 1 heterocycles. The standard InChI is InChI=1S/C10H18ClN3O2/c1-15-8-4-2-3-7-12-10-14-13-9(16-10)5-6-11/h2-8H2,1H3,(H,12,14). The van der Waals surface area contributed by atoms with Gasteiger partial charge in [0.2, 0.25) is 5.89 Å². The van der Waals surface area contributed by atoms with Crippen molar-refractivity contribution in [3.05, 3.63) is 5.89 Å². The quantitative estimate of drug-likeness (QED) is 0.535. The molecule has 0 aromatic carbocycles. The molecule has 0 saturated heterocycles. The normalized spacial score (nSPS) is 10.6. The van der Waals surface area contributed by atoms with Gasteiger partial charge in [0.25, 0.3) is 0 Å². The Morgan fingerprint density at radius 3 is 2.94 bits per heavy atom. The first-order valence-electron chi connectivity index (χ1n) is 5.48. The summed E-state index contributed by atoms with van der Waals surface area (Å²) in [4.78, 5) is 0. The maximum atomic E-state index is 5.56. The second-order valence-corrected chi connectivity index (χ2v) is 3.80. The number of ether oxygens (including phenoxy) is 1. The number of alkyl halides is 1. The topological polar surface area (TPSA) is 60.2 Å². The zero-order valence-electron chi connectivity index (χ0n) is 9.54. The predicted molar refractivity (Wildman–Crippen MR) is 62.9 cm³/mol. The van der Waals surface area contributed by atoms with Crippen LogP contribution in [-0.4, -0.2) is 36.3 Å². The van der Waals surface area contributed by atoms with Crippen LogP contribution in [0.4, 0.5) is 6.01 Å². The minimum Gasteiger partial charge on any atom is -0.408 e. The summed E-state index contributed by atoms with van der Waals surface area (Å²) in [6.07, 6.45) is 3.89. The Balaban J connectivity index is 2.07. The van der Waals surface area contributed by atoms with Crippen molar-refractivity contribution in [3.8, 4) is 0 Å². The Labute approximate surface area is 101 Å². The SMILES string of the molecule is COCCCCCNc1nnc(CCCl)o1. The van der Waals surface area contributed by atoms with Gasteiger partial charge in [-0.15, -0.1) is 16.7 Å². The zero-order chi connectivity index (χ0) is 11.6. The molecular weight excluding hydrogens is 230 g/mol. The van der Waals surface area contributed by atoms with E-state index >= 15 is 0 Å². The number of nitrogens with zero attached hydrogens (tertiary/aromatic N) is 2. The van der Waals surface area contributed by atoms with Gasteiger partial charge in [-0.2, -0.15) is 0 Å². The molecule has 0 radical (unpaired) electrons. The number of methoxy groups -OCH3 is 1. The summed E-state index contributed by atoms with van der Waals surface area (Å²) in [5.41, 5.74) is 0. The highest BCUT2D eigenvalue weighted by molar-refractivity contribution is 6.17. The number of hydrogen-bond donors (Lipinski definition) is 1. The van der Waals surface area contributed by atoms with E-state index in [1.807, 2.05) is 0 Å². The first kappa shape index (κ1) is 13.3. The van der Waals surface area contributed by atoms with E-state index in [9.17, 15) is 0 Å². The monoisotopic (exact) mass is 247 g/mol. The van der Waals surface area contributed by atoms with Gasteiger partial charge in [0, 0.05) is 32.6 Å². The van der Waals surface area contributed by atoms with Crippen molar-refractivity contribution in [2.75, 3.05) is 31.5 Å². The van der Waals surface area contributed by atoms with Crippen molar-refractivity contribution in [2.45, 2.75) is 25.7 Å². The van der Waals surface area contributed by atoms with E-state index in [2.05, 4.69) is 15.5 Å². The van der Waals surface area contributed by atoms with Gasteiger partial charge in [-0.05, 0) is 19.3 Å². The lowest BCUT2D eigenvalue weighted by molar-refractivity contribution is 0.192. The van der Waals surface area contributed by atoms with Crippen LogP contribution in [0, 0.1) is 0 Å². The number of rotatable bonds is 9. The minimum atomic E-state index is 0.479. The Kier molecular flexibility index (Phi) is 6.92. The number of aromatic nitrogens is 2. The third-order valence-electron chi connectivity index (χ3n) is 2.08. The average molecular weight is 248 g/mol. The molecule has 0 saturated carbocycles. The average Bonchev–Trinajstić information content (AvgIpc) is 2.72. The van der Waals surface area contributed by atoms with Gasteiger partial charge in [0.15, 0.2) is 0 Å². The first-order chi connectivity index (χ1) is 7.86. The van der Waals surface area contributed by atoms with Crippen LogP contribution in [-0.2, 0) is 11.2 Å². The Hall–Kier alpha value is -0.810. The molecule has 1 aromatic rings. The van der Waals surface area contributed by atoms with Crippen molar-refractivity contribution >= 4 is 17.6 Å². The number of halogens is 1. The summed E-state index contributed by atoms with van der Waals surface area (Å²) in [6, 6.07) is 0.479. The predicted octanol–water partition coefficient (Wildman–Crippen LogP) is 2.08. The third kappa shape index (κ3) is 5.32. The number of anilines is 1. The molecule has 92 valence electrons. The fraction of sp³-hybridized carbons (Fsp3) is 0.800. The lowest BCUT2D eigenvalue weighted by atomic mass is 10.2. The van der Waals surface area contributed by atoms with Gasteiger partial charge < -0.3 is 14.5 Å². The number of hydrogen-bond acceptors (Lipinski definition) is 5. The molecule has 1 rings (SSSR count). The van der Waals surface area contributed by atoms with Gasteiger partial charge in [-0.25, -0.2) is 0 Å². The van der Waals surface area contributed by atoms with E-state index in [1.54, 1.807) is 7.11 Å². The zero-order valence-corrected chi connectivity index (χ0v) is 10.3. The highest BCUT2D eigenvalue weighted by atomic mass is 35.5. The molecule has 0 amide bonds. The second-order valence-electron chi connectivity index (χ2n) is 3.42. The molecule has 1 N–H and O–H groups in total. The van der Waals surface area contributed by atoms with Crippen molar-refractivity contribution < 1.29 is 9.15 Å². The molecule has 0 bridgehead atoms. The second kappa shape index (κ2) is 8.35. The van der Waals surface area contributed by atoms with Crippen LogP contribution in [0.25, 0.3) is 0 Å². The fourth-order valence-electron chi connectivity index (χ4n) is 1.25. The lowest BCUT2D eigenvalue weighted by Crippen LogP contribution is -2.02. The van der Waals surface area contributed by atoms with Gasteiger partial charge in [-0.3, -0.25) is 0 Å². The fourth-order valence-corrected chi connectivity index (χ4v) is 1.41. The summed E-state index contributed by atoms with van der Waals surface area (Å²) in [7, 11) is 1.72. The van der Waals surface area contributed by atoms with Gasteiger partial charge in [-0.1, -0.05) is 5.10 Å². The van der Waals surface area contributed by atoms with E-state index in [0.717, 1.165) is 32.4 Å². The summed E-state index contributed by atoms with van der Waals surface area (Å²) in [5.74, 6) is 1.08.